The zero-order chi connectivity index (χ0) is 32.1. The van der Waals surface area contributed by atoms with Crippen LogP contribution in [-0.4, -0.2) is 61.6 Å². The van der Waals surface area contributed by atoms with E-state index in [-0.39, 0.29) is 17.2 Å². The topological polar surface area (TPSA) is 146 Å². The fraction of sp³-hybridized carbons (Fsp3) is 0.125. The van der Waals surface area contributed by atoms with Crippen LogP contribution in [-0.2, 0) is 27.2 Å². The van der Waals surface area contributed by atoms with Crippen molar-refractivity contribution >= 4 is 58.7 Å². The van der Waals surface area contributed by atoms with Crippen LogP contribution in [0.4, 0.5) is 23.2 Å². The molecule has 2 aromatic carbocycles. The molecule has 19 heteroatoms. The van der Waals surface area contributed by atoms with Crippen molar-refractivity contribution in [1.82, 2.24) is 9.78 Å². The Balaban J connectivity index is 1.93. The Morgan fingerprint density at radius 1 is 1.05 bits per heavy atom. The van der Waals surface area contributed by atoms with E-state index in [0.29, 0.717) is 29.0 Å². The second-order valence-electron chi connectivity index (χ2n) is 9.53. The number of halogens is 5. The largest absolute Gasteiger partial charge is 0.510 e. The maximum atomic E-state index is 13.9. The third-order valence-corrected chi connectivity index (χ3v) is 5.29. The van der Waals surface area contributed by atoms with Crippen molar-refractivity contribution in [2.24, 2.45) is 0 Å². The molecule has 0 bridgehead atoms. The van der Waals surface area contributed by atoms with Crippen LogP contribution in [0, 0.1) is 5.82 Å². The van der Waals surface area contributed by atoms with Crippen LogP contribution in [0.2, 0.25) is 5.02 Å². The number of carbonyl (C=O) groups excluding carboxylic acids is 2. The van der Waals surface area contributed by atoms with Crippen molar-refractivity contribution in [3.8, 4) is 17.2 Å². The fourth-order valence-corrected chi connectivity index (χ4v) is 3.51. The lowest BCUT2D eigenvalue weighted by Crippen LogP contribution is -2.37. The molecule has 0 saturated carbocycles. The predicted molar refractivity (Wildman–Crippen MR) is 151 cm³/mol. The van der Waals surface area contributed by atoms with Crippen LogP contribution >= 0.6 is 11.6 Å². The number of nitrogens with one attached hydrogen (secondary N) is 1. The predicted octanol–water partition coefficient (Wildman–Crippen LogP) is 1.13. The molecule has 0 aliphatic rings. The van der Waals surface area contributed by atoms with Crippen molar-refractivity contribution in [2.45, 2.75) is 18.2 Å². The minimum atomic E-state index is -4.93. The fourth-order valence-electron chi connectivity index (χ4n) is 3.24. The molecule has 1 aromatic heterocycles. The van der Waals surface area contributed by atoms with Crippen molar-refractivity contribution < 1.29 is 51.3 Å². The van der Waals surface area contributed by atoms with Gasteiger partial charge in [-0.05, 0) is 24.3 Å². The number of alkyl halides is 3. The Morgan fingerprint density at radius 3 is 2.35 bits per heavy atom. The van der Waals surface area contributed by atoms with Crippen LogP contribution in [0.5, 0.6) is 17.2 Å². The van der Waals surface area contributed by atoms with Crippen molar-refractivity contribution in [3.63, 3.8) is 0 Å². The van der Waals surface area contributed by atoms with E-state index < -0.39 is 69.3 Å². The highest BCUT2D eigenvalue weighted by molar-refractivity contribution is 6.58. The van der Waals surface area contributed by atoms with Gasteiger partial charge in [-0.1, -0.05) is 11.6 Å². The van der Waals surface area contributed by atoms with Crippen LogP contribution in [0.1, 0.15) is 15.9 Å². The number of hydrogen-bond donors (Lipinski definition) is 2. The van der Waals surface area contributed by atoms with E-state index in [4.69, 9.17) is 26.2 Å². The van der Waals surface area contributed by atoms with Gasteiger partial charge >= 0.3 is 18.1 Å². The van der Waals surface area contributed by atoms with Gasteiger partial charge in [0.05, 0.1) is 28.0 Å². The van der Waals surface area contributed by atoms with E-state index in [1.165, 1.54) is 0 Å². The standard InChI is InChI=1S/C24H19B3ClF4N3O8/c25-24(26,27)43-18-5-11(29)1-2-16(18)42-17-8-14(23(30,31)32)15(28)7-13(17)22(40)34-12-6-19(36)35(33-9-12)10-41-21(39)4-3-20(37)38/h1-9H,10,25-27H2,(H,34,40)(H,37,38)/b4-3+. The first-order valence-corrected chi connectivity index (χ1v) is 12.3. The van der Waals surface area contributed by atoms with Gasteiger partial charge in [0, 0.05) is 29.6 Å². The highest BCUT2D eigenvalue weighted by atomic mass is 35.5. The van der Waals surface area contributed by atoms with Crippen molar-refractivity contribution in [1.29, 1.82) is 0 Å². The first-order valence-electron chi connectivity index (χ1n) is 12.0. The molecule has 1 amide bonds. The van der Waals surface area contributed by atoms with Crippen LogP contribution < -0.4 is 20.3 Å². The lowest BCUT2D eigenvalue weighted by molar-refractivity contribution is -0.142. The molecule has 2 N–H and O–H groups in total. The Bertz CT molecular complexity index is 1660. The molecular weight excluding hydrogens is 602 g/mol. The number of nitrogens with zero attached hydrogens (tertiary/aromatic N) is 2. The monoisotopic (exact) mass is 621 g/mol. The number of rotatable bonds is 10. The molecule has 3 aromatic rings. The number of aromatic nitrogens is 2. The Kier molecular flexibility index (Phi) is 9.96. The second kappa shape index (κ2) is 13.1. The van der Waals surface area contributed by atoms with Gasteiger partial charge in [0.25, 0.3) is 11.5 Å². The first kappa shape index (κ1) is 32.8. The minimum absolute atomic E-state index is 0.158. The molecule has 0 atom stereocenters. The molecule has 43 heavy (non-hydrogen) atoms. The van der Waals surface area contributed by atoms with E-state index in [1.54, 1.807) is 23.5 Å². The van der Waals surface area contributed by atoms with E-state index in [9.17, 15) is 36.7 Å². The van der Waals surface area contributed by atoms with E-state index in [1.807, 2.05) is 0 Å². The SMILES string of the molecule is BC(B)(B)Oc1cc(F)ccc1Oc1cc(C(F)(F)F)c(Cl)cc1C(=O)Nc1cnn(COC(=O)/C=C/C(=O)O)c(=O)c1. The van der Waals surface area contributed by atoms with Crippen LogP contribution in [0.15, 0.2) is 59.5 Å². The van der Waals surface area contributed by atoms with Gasteiger partial charge in [-0.2, -0.15) is 23.0 Å². The molecule has 0 spiro atoms. The lowest BCUT2D eigenvalue weighted by Gasteiger charge is -2.24. The number of amides is 1. The van der Waals surface area contributed by atoms with E-state index in [0.717, 1.165) is 30.5 Å². The average molecular weight is 621 g/mol. The highest BCUT2D eigenvalue weighted by Gasteiger charge is 2.35. The van der Waals surface area contributed by atoms with Gasteiger partial charge in [-0.3, -0.25) is 9.59 Å². The number of carboxylic acid groups (broad SMARTS) is 1. The molecule has 0 aliphatic carbocycles. The number of carbonyl (C=O) groups is 3. The quantitative estimate of drug-likeness (QED) is 0.147. The van der Waals surface area contributed by atoms with Crippen LogP contribution in [0.3, 0.4) is 0 Å². The smallest absolute Gasteiger partial charge is 0.417 e. The minimum Gasteiger partial charge on any atom is -0.510 e. The maximum Gasteiger partial charge on any atom is 0.417 e. The summed E-state index contributed by atoms with van der Waals surface area (Å²) in [6.07, 6.45) is -2.82. The molecular formula is C24H19B3ClF4N3O8. The molecule has 1 heterocycles. The summed E-state index contributed by atoms with van der Waals surface area (Å²) in [6, 6.07) is 5.11. The zero-order valence-electron chi connectivity index (χ0n) is 22.5. The number of benzene rings is 2. The van der Waals surface area contributed by atoms with Gasteiger partial charge in [-0.15, -0.1) is 0 Å². The number of aliphatic carboxylic acids is 1. The lowest BCUT2D eigenvalue weighted by atomic mass is 9.52. The number of carboxylic acids is 1. The molecule has 0 aliphatic heterocycles. The third-order valence-electron chi connectivity index (χ3n) is 4.98. The van der Waals surface area contributed by atoms with Crippen molar-refractivity contribution in [3.05, 3.63) is 87.1 Å². The third kappa shape index (κ3) is 9.39. The second-order valence-corrected chi connectivity index (χ2v) is 9.94. The van der Waals surface area contributed by atoms with Gasteiger partial charge < -0.3 is 24.6 Å². The summed E-state index contributed by atoms with van der Waals surface area (Å²) >= 11 is 5.85. The number of ether oxygens (including phenoxy) is 3. The summed E-state index contributed by atoms with van der Waals surface area (Å²) in [5, 5.41) is 12.8. The van der Waals surface area contributed by atoms with Gasteiger partial charge in [0.2, 0.25) is 0 Å². The van der Waals surface area contributed by atoms with E-state index >= 15 is 0 Å². The average Bonchev–Trinajstić information content (AvgIpc) is 2.87. The molecule has 11 nitrogen and oxygen atoms in total. The summed E-state index contributed by atoms with van der Waals surface area (Å²) in [4.78, 5) is 47.5. The number of hydrogen-bond acceptors (Lipinski definition) is 8. The molecule has 3 rings (SSSR count). The summed E-state index contributed by atoms with van der Waals surface area (Å²) in [5.74, 6) is -5.24. The molecule has 0 saturated heterocycles. The van der Waals surface area contributed by atoms with E-state index in [2.05, 4.69) is 15.2 Å². The molecule has 222 valence electrons. The van der Waals surface area contributed by atoms with Crippen LogP contribution in [0.25, 0.3) is 0 Å². The summed E-state index contributed by atoms with van der Waals surface area (Å²) in [7, 11) is 4.94. The summed E-state index contributed by atoms with van der Waals surface area (Å²) in [5.41, 5.74) is -2.89. The normalized spacial score (nSPS) is 11.7. The van der Waals surface area contributed by atoms with Crippen molar-refractivity contribution in [2.75, 3.05) is 5.32 Å². The maximum absolute atomic E-state index is 13.9. The van der Waals surface area contributed by atoms with Gasteiger partial charge in [0.15, 0.2) is 18.2 Å². The molecule has 0 unspecified atom stereocenters. The molecule has 0 radical (unpaired) electrons. The zero-order valence-corrected chi connectivity index (χ0v) is 23.2. The van der Waals surface area contributed by atoms with Gasteiger partial charge in [-0.25, -0.2) is 14.0 Å². The Hall–Kier alpha value is -4.73. The number of esters is 1. The van der Waals surface area contributed by atoms with Gasteiger partial charge in [0.1, 0.15) is 35.1 Å². The summed E-state index contributed by atoms with van der Waals surface area (Å²) in [6.45, 7) is -0.695. The summed E-state index contributed by atoms with van der Waals surface area (Å²) < 4.78 is 71.6. The Morgan fingerprint density at radius 2 is 1.74 bits per heavy atom. The number of anilines is 1. The first-order chi connectivity index (χ1) is 19.9. The molecule has 0 fully saturated rings. The Labute approximate surface area is 247 Å². The highest BCUT2D eigenvalue weighted by Crippen LogP contribution is 2.41.